The third kappa shape index (κ3) is 7.45. The van der Waals surface area contributed by atoms with E-state index in [4.69, 9.17) is 23.2 Å². The number of phenols is 1. The first-order valence-corrected chi connectivity index (χ1v) is 15.0. The molecule has 4 aromatic carbocycles. The zero-order valence-corrected chi connectivity index (χ0v) is 24.8. The van der Waals surface area contributed by atoms with Crippen LogP contribution in [0.3, 0.4) is 0 Å². The average Bonchev–Trinajstić information content (AvgIpc) is 2.94. The molecule has 0 aliphatic rings. The first-order valence-electron chi connectivity index (χ1n) is 12.8. The van der Waals surface area contributed by atoms with E-state index in [0.29, 0.717) is 23.2 Å². The van der Waals surface area contributed by atoms with Gasteiger partial charge in [-0.25, -0.2) is 12.8 Å². The minimum absolute atomic E-state index is 0.0428. The van der Waals surface area contributed by atoms with E-state index in [1.807, 2.05) is 44.2 Å². The van der Waals surface area contributed by atoms with Gasteiger partial charge in [0.25, 0.3) is 5.91 Å². The van der Waals surface area contributed by atoms with Gasteiger partial charge in [0, 0.05) is 36.3 Å². The molecule has 0 aromatic heterocycles. The van der Waals surface area contributed by atoms with E-state index in [0.717, 1.165) is 15.9 Å². The Morgan fingerprint density at radius 3 is 1.93 bits per heavy atom. The molecule has 0 atom stereocenters. The van der Waals surface area contributed by atoms with Crippen LogP contribution in [0.1, 0.15) is 40.9 Å². The number of carbonyl (C=O) groups is 1. The number of benzene rings is 4. The highest BCUT2D eigenvalue weighted by Gasteiger charge is 2.30. The topological polar surface area (TPSA) is 77.9 Å². The van der Waals surface area contributed by atoms with Crippen molar-refractivity contribution in [2.24, 2.45) is 0 Å². The highest BCUT2D eigenvalue weighted by atomic mass is 35.5. The maximum Gasteiger partial charge on any atom is 0.254 e. The van der Waals surface area contributed by atoms with E-state index in [-0.39, 0.29) is 35.1 Å². The second kappa shape index (κ2) is 13.0. The van der Waals surface area contributed by atoms with Gasteiger partial charge in [-0.15, -0.1) is 0 Å². The SMILES string of the molecule is CC(C)N(Cc1ccccc1)C(=O)c1ccc(CN(Cc2ccc(F)cc2)S(=O)(=O)c2cc(Cl)cc(Cl)c2O)cc1. The van der Waals surface area contributed by atoms with Gasteiger partial charge in [-0.05, 0) is 66.9 Å². The molecule has 0 fully saturated rings. The Balaban J connectivity index is 1.63. The molecule has 0 aliphatic carbocycles. The number of carbonyl (C=O) groups excluding carboxylic acids is 1. The number of aromatic hydroxyl groups is 1. The van der Waals surface area contributed by atoms with Crippen molar-refractivity contribution in [3.05, 3.63) is 129 Å². The molecule has 4 rings (SSSR count). The van der Waals surface area contributed by atoms with Gasteiger partial charge in [0.05, 0.1) is 5.02 Å². The van der Waals surface area contributed by atoms with Crippen LogP contribution in [0.4, 0.5) is 4.39 Å². The van der Waals surface area contributed by atoms with Gasteiger partial charge in [0.15, 0.2) is 5.75 Å². The smallest absolute Gasteiger partial charge is 0.254 e. The van der Waals surface area contributed by atoms with Crippen molar-refractivity contribution in [2.75, 3.05) is 0 Å². The summed E-state index contributed by atoms with van der Waals surface area (Å²) in [6, 6.07) is 24.2. The number of nitrogens with zero attached hydrogens (tertiary/aromatic N) is 2. The largest absolute Gasteiger partial charge is 0.505 e. The Bertz CT molecular complexity index is 1610. The van der Waals surface area contributed by atoms with E-state index in [2.05, 4.69) is 0 Å². The molecule has 0 heterocycles. The first kappa shape index (κ1) is 30.5. The number of amides is 1. The number of rotatable bonds is 10. The van der Waals surface area contributed by atoms with Crippen LogP contribution in [-0.2, 0) is 29.7 Å². The number of phenolic OH excluding ortho intramolecular Hbond substituents is 1. The Labute approximate surface area is 249 Å². The fraction of sp³-hybridized carbons (Fsp3) is 0.194. The lowest BCUT2D eigenvalue weighted by molar-refractivity contribution is 0.0690. The number of halogens is 3. The second-order valence-electron chi connectivity index (χ2n) is 9.84. The van der Waals surface area contributed by atoms with Crippen LogP contribution >= 0.6 is 23.2 Å². The molecule has 0 aliphatic heterocycles. The molecule has 4 aromatic rings. The van der Waals surface area contributed by atoms with Crippen LogP contribution in [0.2, 0.25) is 10.0 Å². The van der Waals surface area contributed by atoms with Gasteiger partial charge >= 0.3 is 0 Å². The third-order valence-corrected chi connectivity index (χ3v) is 8.83. The summed E-state index contributed by atoms with van der Waals surface area (Å²) < 4.78 is 42.2. The van der Waals surface area contributed by atoms with E-state index in [1.54, 1.807) is 29.2 Å². The molecule has 41 heavy (non-hydrogen) atoms. The van der Waals surface area contributed by atoms with Crippen LogP contribution in [0.25, 0.3) is 0 Å². The van der Waals surface area contributed by atoms with Crippen molar-refractivity contribution in [1.82, 2.24) is 9.21 Å². The Hall–Kier alpha value is -3.43. The van der Waals surface area contributed by atoms with Crippen molar-refractivity contribution in [3.8, 4) is 5.75 Å². The van der Waals surface area contributed by atoms with Crippen molar-refractivity contribution in [2.45, 2.75) is 44.4 Å². The van der Waals surface area contributed by atoms with Gasteiger partial charge in [-0.1, -0.05) is 77.8 Å². The molecule has 1 amide bonds. The van der Waals surface area contributed by atoms with Crippen molar-refractivity contribution >= 4 is 39.1 Å². The van der Waals surface area contributed by atoms with Crippen molar-refractivity contribution < 1.29 is 22.7 Å². The second-order valence-corrected chi connectivity index (χ2v) is 12.6. The van der Waals surface area contributed by atoms with Gasteiger partial charge in [-0.2, -0.15) is 4.31 Å². The molecule has 0 unspecified atom stereocenters. The van der Waals surface area contributed by atoms with Crippen LogP contribution in [0.5, 0.6) is 5.75 Å². The number of sulfonamides is 1. The van der Waals surface area contributed by atoms with Crippen molar-refractivity contribution in [1.29, 1.82) is 0 Å². The van der Waals surface area contributed by atoms with Crippen LogP contribution in [0.15, 0.2) is 95.9 Å². The van der Waals surface area contributed by atoms with Gasteiger partial charge in [0.2, 0.25) is 10.0 Å². The summed E-state index contributed by atoms with van der Waals surface area (Å²) in [6.07, 6.45) is 0. The van der Waals surface area contributed by atoms with E-state index in [1.165, 1.54) is 30.3 Å². The predicted molar refractivity (Wildman–Crippen MR) is 159 cm³/mol. The van der Waals surface area contributed by atoms with Crippen molar-refractivity contribution in [3.63, 3.8) is 0 Å². The maximum atomic E-state index is 13.8. The fourth-order valence-corrected chi connectivity index (χ4v) is 6.45. The summed E-state index contributed by atoms with van der Waals surface area (Å²) >= 11 is 12.1. The molecule has 0 bridgehead atoms. The lowest BCUT2D eigenvalue weighted by Crippen LogP contribution is -2.36. The number of hydrogen-bond acceptors (Lipinski definition) is 4. The molecule has 6 nitrogen and oxygen atoms in total. The normalized spacial score (nSPS) is 11.7. The van der Waals surface area contributed by atoms with Crippen LogP contribution < -0.4 is 0 Å². The summed E-state index contributed by atoms with van der Waals surface area (Å²) in [7, 11) is -4.32. The summed E-state index contributed by atoms with van der Waals surface area (Å²) in [5.41, 5.74) is 2.60. The van der Waals surface area contributed by atoms with E-state index in [9.17, 15) is 22.7 Å². The first-order chi connectivity index (χ1) is 19.5. The van der Waals surface area contributed by atoms with E-state index >= 15 is 0 Å². The van der Waals surface area contributed by atoms with Gasteiger partial charge in [-0.3, -0.25) is 4.79 Å². The minimum Gasteiger partial charge on any atom is -0.505 e. The molecular formula is C31H29Cl2FN2O4S. The molecule has 10 heteroatoms. The maximum absolute atomic E-state index is 13.8. The molecular weight excluding hydrogens is 586 g/mol. The molecule has 0 radical (unpaired) electrons. The Kier molecular flexibility index (Phi) is 9.71. The molecule has 1 N–H and O–H groups in total. The zero-order chi connectivity index (χ0) is 29.7. The van der Waals surface area contributed by atoms with E-state index < -0.39 is 26.5 Å². The summed E-state index contributed by atoms with van der Waals surface area (Å²) in [6.45, 7) is 4.13. The van der Waals surface area contributed by atoms with Gasteiger partial charge in [0.1, 0.15) is 10.7 Å². The predicted octanol–water partition coefficient (Wildman–Crippen LogP) is 7.28. The summed E-state index contributed by atoms with van der Waals surface area (Å²) in [5.74, 6) is -1.22. The molecule has 0 saturated heterocycles. The van der Waals surface area contributed by atoms with Crippen LogP contribution in [0, 0.1) is 5.82 Å². The fourth-order valence-electron chi connectivity index (χ4n) is 4.29. The lowest BCUT2D eigenvalue weighted by Gasteiger charge is -2.27. The van der Waals surface area contributed by atoms with Gasteiger partial charge < -0.3 is 10.0 Å². The monoisotopic (exact) mass is 614 g/mol. The standard InChI is InChI=1S/C31H29Cl2FN2O4S/c1-21(2)36(20-22-6-4-3-5-7-22)31(38)25-12-8-23(9-13-25)18-35(19-24-10-14-27(34)15-11-24)41(39,40)29-17-26(32)16-28(33)30(29)37/h3-17,21,37H,18-20H2,1-2H3. The number of hydrogen-bond donors (Lipinski definition) is 1. The highest BCUT2D eigenvalue weighted by Crippen LogP contribution is 2.36. The molecule has 214 valence electrons. The Morgan fingerprint density at radius 2 is 1.37 bits per heavy atom. The molecule has 0 spiro atoms. The summed E-state index contributed by atoms with van der Waals surface area (Å²) in [5, 5.41) is 10.3. The Morgan fingerprint density at radius 1 is 0.829 bits per heavy atom. The molecule has 0 saturated carbocycles. The van der Waals surface area contributed by atoms with Crippen LogP contribution in [-0.4, -0.2) is 34.7 Å². The average molecular weight is 616 g/mol. The lowest BCUT2D eigenvalue weighted by atomic mass is 10.1. The minimum atomic E-state index is -4.32. The quantitative estimate of drug-likeness (QED) is 0.204. The summed E-state index contributed by atoms with van der Waals surface area (Å²) in [4.78, 5) is 14.7. The highest BCUT2D eigenvalue weighted by molar-refractivity contribution is 7.89. The zero-order valence-electron chi connectivity index (χ0n) is 22.5. The third-order valence-electron chi connectivity index (χ3n) is 6.52.